The van der Waals surface area contributed by atoms with Gasteiger partial charge >= 0.3 is 0 Å². The molecule has 0 aromatic rings. The molecule has 104 valence electrons. The summed E-state index contributed by atoms with van der Waals surface area (Å²) in [7, 11) is -4.06. The molecule has 4 aliphatic rings. The summed E-state index contributed by atoms with van der Waals surface area (Å²) in [4.78, 5) is 0. The molecule has 4 bridgehead atoms. The molecule has 3 N–H and O–H groups in total. The third-order valence-corrected chi connectivity index (χ3v) is 6.51. The van der Waals surface area contributed by atoms with Crippen molar-refractivity contribution in [2.24, 2.45) is 28.9 Å². The maximum atomic E-state index is 11.0. The minimum atomic E-state index is -4.06. The van der Waals surface area contributed by atoms with Gasteiger partial charge in [0.25, 0.3) is 10.1 Å². The SMILES string of the molecule is NC(CCC12CC3CC(CC(C3)C1)C2)S(=O)(=O)O. The summed E-state index contributed by atoms with van der Waals surface area (Å²) >= 11 is 0. The molecule has 4 saturated carbocycles. The summed E-state index contributed by atoms with van der Waals surface area (Å²) in [6, 6.07) is 0. The van der Waals surface area contributed by atoms with Crippen LogP contribution in [0, 0.1) is 23.2 Å². The Hall–Kier alpha value is -0.130. The van der Waals surface area contributed by atoms with E-state index in [0.717, 1.165) is 24.2 Å². The van der Waals surface area contributed by atoms with E-state index in [0.29, 0.717) is 11.8 Å². The Morgan fingerprint density at radius 2 is 1.56 bits per heavy atom. The predicted octanol–water partition coefficient (Wildman–Crippen LogP) is 2.16. The average Bonchev–Trinajstić information content (AvgIpc) is 2.22. The molecule has 0 amide bonds. The van der Waals surface area contributed by atoms with E-state index in [1.807, 2.05) is 0 Å². The second kappa shape index (κ2) is 4.18. The van der Waals surface area contributed by atoms with E-state index in [9.17, 15) is 8.42 Å². The maximum Gasteiger partial charge on any atom is 0.280 e. The molecule has 4 aliphatic carbocycles. The predicted molar refractivity (Wildman–Crippen MR) is 69.4 cm³/mol. The van der Waals surface area contributed by atoms with Crippen LogP contribution in [0.2, 0.25) is 0 Å². The molecule has 0 saturated heterocycles. The van der Waals surface area contributed by atoms with Crippen LogP contribution in [0.3, 0.4) is 0 Å². The second-order valence-electron chi connectivity index (χ2n) is 7.01. The quantitative estimate of drug-likeness (QED) is 0.769. The average molecular weight is 273 g/mol. The Kier molecular flexibility index (Phi) is 2.99. The fraction of sp³-hybridized carbons (Fsp3) is 1.00. The molecular weight excluding hydrogens is 250 g/mol. The lowest BCUT2D eigenvalue weighted by atomic mass is 9.48. The van der Waals surface area contributed by atoms with Crippen LogP contribution in [-0.4, -0.2) is 18.3 Å². The first-order valence-electron chi connectivity index (χ1n) is 7.08. The van der Waals surface area contributed by atoms with Gasteiger partial charge in [-0.05, 0) is 74.5 Å². The molecule has 0 radical (unpaired) electrons. The van der Waals surface area contributed by atoms with E-state index >= 15 is 0 Å². The van der Waals surface area contributed by atoms with E-state index in [4.69, 9.17) is 10.3 Å². The molecule has 0 heterocycles. The van der Waals surface area contributed by atoms with E-state index < -0.39 is 15.5 Å². The molecule has 5 heteroatoms. The van der Waals surface area contributed by atoms with Crippen molar-refractivity contribution in [2.75, 3.05) is 0 Å². The van der Waals surface area contributed by atoms with Crippen LogP contribution in [0.5, 0.6) is 0 Å². The van der Waals surface area contributed by atoms with Crippen molar-refractivity contribution < 1.29 is 13.0 Å². The maximum absolute atomic E-state index is 11.0. The molecule has 4 nitrogen and oxygen atoms in total. The highest BCUT2D eigenvalue weighted by Gasteiger charge is 2.50. The highest BCUT2D eigenvalue weighted by molar-refractivity contribution is 7.86. The highest BCUT2D eigenvalue weighted by atomic mass is 32.2. The van der Waals surface area contributed by atoms with Crippen LogP contribution in [0.25, 0.3) is 0 Å². The van der Waals surface area contributed by atoms with Crippen molar-refractivity contribution in [2.45, 2.75) is 56.7 Å². The Morgan fingerprint density at radius 1 is 1.11 bits per heavy atom. The van der Waals surface area contributed by atoms with Gasteiger partial charge in [-0.3, -0.25) is 4.55 Å². The lowest BCUT2D eigenvalue weighted by Gasteiger charge is -2.57. The standard InChI is InChI=1S/C13H23NO3S/c14-12(18(15,16)17)1-2-13-6-9-3-10(7-13)5-11(4-9)8-13/h9-12H,1-8,14H2,(H,15,16,17). The molecule has 4 fully saturated rings. The summed E-state index contributed by atoms with van der Waals surface area (Å²) in [5, 5.41) is -1.09. The normalized spacial score (nSPS) is 44.2. The van der Waals surface area contributed by atoms with Crippen LogP contribution in [-0.2, 0) is 10.1 Å². The van der Waals surface area contributed by atoms with Gasteiger partial charge in [0, 0.05) is 0 Å². The van der Waals surface area contributed by atoms with Gasteiger partial charge in [-0.1, -0.05) is 0 Å². The highest BCUT2D eigenvalue weighted by Crippen LogP contribution is 2.61. The first-order valence-corrected chi connectivity index (χ1v) is 8.58. The van der Waals surface area contributed by atoms with Crippen molar-refractivity contribution in [1.29, 1.82) is 0 Å². The molecule has 18 heavy (non-hydrogen) atoms. The smallest absolute Gasteiger partial charge is 0.280 e. The molecule has 4 rings (SSSR count). The van der Waals surface area contributed by atoms with Crippen LogP contribution < -0.4 is 5.73 Å². The zero-order chi connectivity index (χ0) is 13.0. The number of hydrogen-bond acceptors (Lipinski definition) is 3. The molecule has 1 atom stereocenters. The van der Waals surface area contributed by atoms with E-state index in [1.165, 1.54) is 38.5 Å². The number of hydrogen-bond donors (Lipinski definition) is 2. The summed E-state index contributed by atoms with van der Waals surface area (Å²) in [6.45, 7) is 0. The van der Waals surface area contributed by atoms with Gasteiger partial charge in [-0.25, -0.2) is 0 Å². The van der Waals surface area contributed by atoms with Gasteiger partial charge in [0.2, 0.25) is 0 Å². The fourth-order valence-corrected chi connectivity index (χ4v) is 5.61. The molecule has 0 spiro atoms. The van der Waals surface area contributed by atoms with Crippen LogP contribution in [0.4, 0.5) is 0 Å². The fourth-order valence-electron chi connectivity index (χ4n) is 5.19. The number of nitrogens with two attached hydrogens (primary N) is 1. The Bertz CT molecular complexity index is 396. The number of rotatable bonds is 4. The van der Waals surface area contributed by atoms with Crippen LogP contribution in [0.1, 0.15) is 51.4 Å². The first kappa shape index (κ1) is 12.9. The molecule has 0 aromatic heterocycles. The minimum Gasteiger partial charge on any atom is -0.313 e. The van der Waals surface area contributed by atoms with Gasteiger partial charge in [0.1, 0.15) is 5.37 Å². The van der Waals surface area contributed by atoms with Crippen molar-refractivity contribution in [3.8, 4) is 0 Å². The summed E-state index contributed by atoms with van der Waals surface area (Å²) in [5.41, 5.74) is 5.89. The molecule has 0 aliphatic heterocycles. The third-order valence-electron chi connectivity index (χ3n) is 5.51. The Morgan fingerprint density at radius 3 is 1.94 bits per heavy atom. The van der Waals surface area contributed by atoms with Crippen LogP contribution >= 0.6 is 0 Å². The van der Waals surface area contributed by atoms with Crippen molar-refractivity contribution in [1.82, 2.24) is 0 Å². The van der Waals surface area contributed by atoms with E-state index in [2.05, 4.69) is 0 Å². The van der Waals surface area contributed by atoms with Crippen molar-refractivity contribution in [3.63, 3.8) is 0 Å². The zero-order valence-electron chi connectivity index (χ0n) is 10.7. The lowest BCUT2D eigenvalue weighted by molar-refractivity contribution is -0.0581. The zero-order valence-corrected chi connectivity index (χ0v) is 11.5. The Labute approximate surface area is 109 Å². The molecule has 1 unspecified atom stereocenters. The van der Waals surface area contributed by atoms with Gasteiger partial charge in [-0.15, -0.1) is 0 Å². The topological polar surface area (TPSA) is 80.4 Å². The lowest BCUT2D eigenvalue weighted by Crippen LogP contribution is -2.46. The van der Waals surface area contributed by atoms with E-state index in [1.54, 1.807) is 0 Å². The second-order valence-corrected chi connectivity index (χ2v) is 8.65. The first-order chi connectivity index (χ1) is 8.36. The summed E-state index contributed by atoms with van der Waals surface area (Å²) in [5.74, 6) is 2.62. The summed E-state index contributed by atoms with van der Waals surface area (Å²) < 4.78 is 30.9. The van der Waals surface area contributed by atoms with Crippen molar-refractivity contribution in [3.05, 3.63) is 0 Å². The molecule has 0 aromatic carbocycles. The monoisotopic (exact) mass is 273 g/mol. The minimum absolute atomic E-state index is 0.344. The van der Waals surface area contributed by atoms with Gasteiger partial charge in [0.15, 0.2) is 0 Å². The summed E-state index contributed by atoms with van der Waals surface area (Å²) in [6.07, 6.45) is 9.24. The van der Waals surface area contributed by atoms with Crippen molar-refractivity contribution >= 4 is 10.1 Å². The largest absolute Gasteiger partial charge is 0.313 e. The Balaban J connectivity index is 1.66. The van der Waals surface area contributed by atoms with Gasteiger partial charge in [-0.2, -0.15) is 8.42 Å². The molecular formula is C13H23NO3S. The third kappa shape index (κ3) is 2.32. The van der Waals surface area contributed by atoms with E-state index in [-0.39, 0.29) is 0 Å². The van der Waals surface area contributed by atoms with Gasteiger partial charge < -0.3 is 5.73 Å². The van der Waals surface area contributed by atoms with Gasteiger partial charge in [0.05, 0.1) is 0 Å². The van der Waals surface area contributed by atoms with Crippen LogP contribution in [0.15, 0.2) is 0 Å².